The predicted octanol–water partition coefficient (Wildman–Crippen LogP) is 3.51. The Morgan fingerprint density at radius 2 is 1.83 bits per heavy atom. The van der Waals surface area contributed by atoms with E-state index in [0.717, 1.165) is 44.9 Å². The van der Waals surface area contributed by atoms with Crippen LogP contribution in [-0.4, -0.2) is 40.8 Å². The molecule has 1 spiro atoms. The molecule has 0 bridgehead atoms. The third-order valence-corrected chi connectivity index (χ3v) is 9.45. The molecule has 4 fully saturated rings. The van der Waals surface area contributed by atoms with Crippen LogP contribution in [0.1, 0.15) is 65.2 Å². The molecule has 29 heavy (non-hydrogen) atoms. The van der Waals surface area contributed by atoms with E-state index in [1.54, 1.807) is 0 Å². The molecule has 1 aliphatic heterocycles. The fourth-order valence-electron chi connectivity index (χ4n) is 7.73. The van der Waals surface area contributed by atoms with Crippen LogP contribution in [0.25, 0.3) is 0 Å². The van der Waals surface area contributed by atoms with Gasteiger partial charge in [-0.1, -0.05) is 31.4 Å². The number of carboxylic acids is 1. The van der Waals surface area contributed by atoms with E-state index in [9.17, 15) is 9.90 Å². The molecule has 0 aromatic carbocycles. The Labute approximate surface area is 172 Å². The average molecular weight is 401 g/mol. The first-order chi connectivity index (χ1) is 13.7. The number of aliphatic carboxylic acids is 1. The molecule has 5 nitrogen and oxygen atoms in total. The van der Waals surface area contributed by atoms with Gasteiger partial charge >= 0.3 is 5.97 Å². The van der Waals surface area contributed by atoms with Crippen molar-refractivity contribution in [1.82, 2.24) is 0 Å². The second kappa shape index (κ2) is 6.33. The third kappa shape index (κ3) is 2.69. The molecule has 1 saturated heterocycles. The Hall–Kier alpha value is -1.35. The molecular weight excluding hydrogens is 368 g/mol. The van der Waals surface area contributed by atoms with Crippen molar-refractivity contribution in [3.63, 3.8) is 0 Å². The lowest BCUT2D eigenvalue weighted by molar-refractivity contribution is -0.186. The van der Waals surface area contributed by atoms with Crippen molar-refractivity contribution in [2.75, 3.05) is 13.2 Å². The van der Waals surface area contributed by atoms with Gasteiger partial charge in [-0.3, -0.25) is 0 Å². The number of fused-ring (bicyclic) bond motifs is 5. The zero-order valence-corrected chi connectivity index (χ0v) is 17.5. The van der Waals surface area contributed by atoms with Gasteiger partial charge in [-0.15, -0.1) is 0 Å². The number of allylic oxidation sites excluding steroid dienone is 1. The van der Waals surface area contributed by atoms with E-state index in [4.69, 9.17) is 14.6 Å². The van der Waals surface area contributed by atoms with Crippen molar-refractivity contribution < 1.29 is 24.5 Å². The van der Waals surface area contributed by atoms with Crippen LogP contribution < -0.4 is 0 Å². The van der Waals surface area contributed by atoms with Crippen molar-refractivity contribution in [3.05, 3.63) is 11.6 Å². The highest BCUT2D eigenvalue weighted by molar-refractivity contribution is 5.86. The summed E-state index contributed by atoms with van der Waals surface area (Å²) in [5, 5.41) is 20.3. The minimum atomic E-state index is -1.19. The Bertz CT molecular complexity index is 815. The zero-order valence-electron chi connectivity index (χ0n) is 17.5. The molecule has 158 valence electrons. The van der Waals surface area contributed by atoms with Gasteiger partial charge in [-0.25, -0.2) is 4.79 Å². The van der Waals surface area contributed by atoms with Crippen molar-refractivity contribution in [2.45, 2.75) is 76.6 Å². The first kappa shape index (κ1) is 19.6. The second-order valence-corrected chi connectivity index (χ2v) is 10.5. The summed E-state index contributed by atoms with van der Waals surface area (Å²) >= 11 is 0. The van der Waals surface area contributed by atoms with Crippen LogP contribution in [0.4, 0.5) is 0 Å². The van der Waals surface area contributed by atoms with Gasteiger partial charge in [0.1, 0.15) is 5.60 Å². The lowest BCUT2D eigenvalue weighted by atomic mass is 9.47. The number of carboxylic acid groups (broad SMARTS) is 1. The predicted molar refractivity (Wildman–Crippen MR) is 107 cm³/mol. The van der Waals surface area contributed by atoms with Gasteiger partial charge in [0.15, 0.2) is 5.79 Å². The molecule has 0 unspecified atom stereocenters. The standard InChI is InChI=1S/C24H32O5/c1-21-11-12-24(28-13-14-29-24)15-16(21)3-4-17-18(21)5-8-22(2)19(17)6-9-23(22,27)10-7-20(25)26/h3,17-19,27H,4-6,8-9,11-15H2,1-2H3,(H,25,26)/t17-,18+,19+,21+,22+,23+/m1/s1. The highest BCUT2D eigenvalue weighted by Crippen LogP contribution is 2.67. The summed E-state index contributed by atoms with van der Waals surface area (Å²) in [4.78, 5) is 11.0. The lowest BCUT2D eigenvalue weighted by Crippen LogP contribution is -2.55. The van der Waals surface area contributed by atoms with E-state index in [2.05, 4.69) is 31.8 Å². The summed E-state index contributed by atoms with van der Waals surface area (Å²) in [6, 6.07) is 0. The van der Waals surface area contributed by atoms with E-state index in [-0.39, 0.29) is 16.6 Å². The zero-order chi connectivity index (χ0) is 20.5. The Morgan fingerprint density at radius 3 is 2.55 bits per heavy atom. The fraction of sp³-hybridized carbons (Fsp3) is 0.792. The van der Waals surface area contributed by atoms with E-state index in [0.29, 0.717) is 37.4 Å². The van der Waals surface area contributed by atoms with Crippen LogP contribution in [0.2, 0.25) is 0 Å². The Morgan fingerprint density at radius 1 is 1.10 bits per heavy atom. The van der Waals surface area contributed by atoms with E-state index in [1.807, 2.05) is 0 Å². The number of rotatable bonds is 0. The van der Waals surface area contributed by atoms with Gasteiger partial charge in [-0.2, -0.15) is 0 Å². The first-order valence-corrected chi connectivity index (χ1v) is 11.2. The molecular formula is C24H32O5. The van der Waals surface area contributed by atoms with Crippen LogP contribution in [0.3, 0.4) is 0 Å². The molecule has 2 N–H and O–H groups in total. The third-order valence-electron chi connectivity index (χ3n) is 9.45. The van der Waals surface area contributed by atoms with E-state index < -0.39 is 11.6 Å². The van der Waals surface area contributed by atoms with Crippen molar-refractivity contribution in [1.29, 1.82) is 0 Å². The normalized spacial score (nSPS) is 47.4. The molecule has 5 rings (SSSR count). The molecule has 3 saturated carbocycles. The van der Waals surface area contributed by atoms with Crippen LogP contribution in [-0.2, 0) is 14.3 Å². The molecule has 6 atom stereocenters. The van der Waals surface area contributed by atoms with Gasteiger partial charge < -0.3 is 19.7 Å². The number of carbonyl (C=O) groups is 1. The highest BCUT2D eigenvalue weighted by atomic mass is 16.7. The van der Waals surface area contributed by atoms with E-state index in [1.165, 1.54) is 5.57 Å². The maximum absolute atomic E-state index is 11.3. The lowest BCUT2D eigenvalue weighted by Gasteiger charge is -2.59. The number of aliphatic hydroxyl groups is 1. The Balaban J connectivity index is 1.44. The van der Waals surface area contributed by atoms with Gasteiger partial charge in [0.05, 0.1) is 13.2 Å². The minimum absolute atomic E-state index is 0.179. The van der Waals surface area contributed by atoms with Crippen molar-refractivity contribution in [3.8, 4) is 11.8 Å². The average Bonchev–Trinajstić information content (AvgIpc) is 3.24. The molecule has 0 amide bonds. The van der Waals surface area contributed by atoms with Crippen molar-refractivity contribution in [2.24, 2.45) is 28.6 Å². The molecule has 4 aliphatic carbocycles. The molecule has 0 aromatic rings. The molecule has 0 radical (unpaired) electrons. The van der Waals surface area contributed by atoms with Crippen LogP contribution >= 0.6 is 0 Å². The summed E-state index contributed by atoms with van der Waals surface area (Å²) in [6.07, 6.45) is 9.90. The highest BCUT2D eigenvalue weighted by Gasteiger charge is 2.64. The largest absolute Gasteiger partial charge is 0.472 e. The number of ether oxygens (including phenoxy) is 2. The maximum atomic E-state index is 11.3. The second-order valence-electron chi connectivity index (χ2n) is 10.5. The van der Waals surface area contributed by atoms with Gasteiger partial charge in [0.25, 0.3) is 0 Å². The van der Waals surface area contributed by atoms with E-state index >= 15 is 0 Å². The molecule has 5 heteroatoms. The quantitative estimate of drug-likeness (QED) is 0.481. The molecule has 0 aromatic heterocycles. The summed E-state index contributed by atoms with van der Waals surface area (Å²) < 4.78 is 12.0. The van der Waals surface area contributed by atoms with Crippen molar-refractivity contribution >= 4 is 5.97 Å². The maximum Gasteiger partial charge on any atom is 0.382 e. The Kier molecular flexibility index (Phi) is 4.28. The fourth-order valence-corrected chi connectivity index (χ4v) is 7.73. The van der Waals surface area contributed by atoms with Crippen LogP contribution in [0, 0.1) is 40.4 Å². The number of hydrogen-bond acceptors (Lipinski definition) is 4. The minimum Gasteiger partial charge on any atom is -0.472 e. The summed E-state index contributed by atoms with van der Waals surface area (Å²) in [5.74, 6) is 4.94. The first-order valence-electron chi connectivity index (χ1n) is 11.2. The molecule has 1 heterocycles. The topological polar surface area (TPSA) is 76.0 Å². The van der Waals surface area contributed by atoms with Gasteiger partial charge in [0, 0.05) is 24.2 Å². The summed E-state index contributed by atoms with van der Waals surface area (Å²) in [6.45, 7) is 5.99. The SMILES string of the molecule is C[C@]12CCC3(CC1=CC[C@@H]1[C@@H]2CC[C@@]2(C)[C@H]1CC[C@]2(O)C#CC(=O)O)OCCO3. The van der Waals surface area contributed by atoms with Gasteiger partial charge in [-0.05, 0) is 61.7 Å². The smallest absolute Gasteiger partial charge is 0.382 e. The summed E-state index contributed by atoms with van der Waals surface area (Å²) in [7, 11) is 0. The number of hydrogen-bond donors (Lipinski definition) is 2. The van der Waals surface area contributed by atoms with Gasteiger partial charge in [0.2, 0.25) is 0 Å². The van der Waals surface area contributed by atoms with Crippen LogP contribution in [0.15, 0.2) is 11.6 Å². The molecule has 5 aliphatic rings. The monoisotopic (exact) mass is 400 g/mol. The van der Waals surface area contributed by atoms with Crippen LogP contribution in [0.5, 0.6) is 0 Å². The summed E-state index contributed by atoms with van der Waals surface area (Å²) in [5.41, 5.74) is 0.174.